The second-order valence-electron chi connectivity index (χ2n) is 3.73. The van der Waals surface area contributed by atoms with Crippen LogP contribution in [-0.2, 0) is 13.5 Å². The minimum absolute atomic E-state index is 0.0944. The fourth-order valence-corrected chi connectivity index (χ4v) is 1.55. The molecule has 1 heterocycles. The molecule has 0 bridgehead atoms. The highest BCUT2D eigenvalue weighted by atomic mass is 15.4. The van der Waals surface area contributed by atoms with Crippen molar-refractivity contribution >= 4 is 5.95 Å². The molecule has 0 radical (unpaired) electrons. The fourth-order valence-electron chi connectivity index (χ4n) is 1.55. The van der Waals surface area contributed by atoms with E-state index in [1.165, 1.54) is 0 Å². The van der Waals surface area contributed by atoms with E-state index in [4.69, 9.17) is 11.5 Å². The highest BCUT2D eigenvalue weighted by Gasteiger charge is 2.11. The molecule has 2 rings (SSSR count). The molecule has 0 aliphatic heterocycles. The van der Waals surface area contributed by atoms with Gasteiger partial charge in [0.25, 0.3) is 0 Å². The van der Waals surface area contributed by atoms with Gasteiger partial charge in [0.2, 0.25) is 5.95 Å². The molecule has 4 N–H and O–H groups in total. The Balaban J connectivity index is 2.11. The minimum Gasteiger partial charge on any atom is -0.368 e. The van der Waals surface area contributed by atoms with Gasteiger partial charge in [-0.1, -0.05) is 30.3 Å². The Morgan fingerprint density at radius 2 is 2.00 bits per heavy atom. The number of hydrogen-bond acceptors (Lipinski definition) is 4. The van der Waals surface area contributed by atoms with Crippen molar-refractivity contribution in [1.82, 2.24) is 14.8 Å². The smallest absolute Gasteiger partial charge is 0.218 e. The van der Waals surface area contributed by atoms with E-state index in [9.17, 15) is 0 Å². The Labute approximate surface area is 94.1 Å². The third-order valence-electron chi connectivity index (χ3n) is 2.47. The van der Waals surface area contributed by atoms with E-state index in [0.29, 0.717) is 18.2 Å². The van der Waals surface area contributed by atoms with Crippen molar-refractivity contribution in [2.75, 3.05) is 5.73 Å². The topological polar surface area (TPSA) is 82.8 Å². The van der Waals surface area contributed by atoms with Crippen LogP contribution in [0.5, 0.6) is 0 Å². The van der Waals surface area contributed by atoms with Crippen LogP contribution in [0.1, 0.15) is 17.4 Å². The Hall–Kier alpha value is -1.88. The summed E-state index contributed by atoms with van der Waals surface area (Å²) in [6.45, 7) is 0. The average molecular weight is 217 g/mol. The number of anilines is 1. The number of hydrogen-bond donors (Lipinski definition) is 2. The van der Waals surface area contributed by atoms with Gasteiger partial charge in [0.1, 0.15) is 0 Å². The molecule has 2 aromatic rings. The van der Waals surface area contributed by atoms with E-state index in [2.05, 4.69) is 10.1 Å². The normalized spacial score (nSPS) is 12.6. The zero-order valence-electron chi connectivity index (χ0n) is 9.17. The molecule has 0 fully saturated rings. The number of aromatic nitrogens is 3. The summed E-state index contributed by atoms with van der Waals surface area (Å²) in [5.74, 6) is 1.09. The highest BCUT2D eigenvalue weighted by molar-refractivity contribution is 5.21. The van der Waals surface area contributed by atoms with Crippen molar-refractivity contribution in [1.29, 1.82) is 0 Å². The Kier molecular flexibility index (Phi) is 2.87. The first-order valence-corrected chi connectivity index (χ1v) is 5.12. The SMILES string of the molecule is Cn1nc(CC(N)c2ccccc2)nc1N. The zero-order chi connectivity index (χ0) is 11.5. The summed E-state index contributed by atoms with van der Waals surface area (Å²) >= 11 is 0. The standard InChI is InChI=1S/C11H15N5/c1-16-11(13)14-10(15-16)7-9(12)8-5-3-2-4-6-8/h2-6,9H,7,12H2,1H3,(H2,13,14,15). The Bertz CT molecular complexity index is 443. The van der Waals surface area contributed by atoms with Crippen molar-refractivity contribution in [2.45, 2.75) is 12.5 Å². The van der Waals surface area contributed by atoms with Crippen LogP contribution < -0.4 is 11.5 Å². The summed E-state index contributed by atoms with van der Waals surface area (Å²) < 4.78 is 1.55. The second-order valence-corrected chi connectivity index (χ2v) is 3.73. The molecule has 0 saturated carbocycles. The first kappa shape index (κ1) is 10.6. The van der Waals surface area contributed by atoms with Crippen molar-refractivity contribution < 1.29 is 0 Å². The van der Waals surface area contributed by atoms with E-state index in [1.807, 2.05) is 30.3 Å². The maximum absolute atomic E-state index is 6.06. The lowest BCUT2D eigenvalue weighted by atomic mass is 10.0. The van der Waals surface area contributed by atoms with E-state index in [1.54, 1.807) is 11.7 Å². The predicted octanol–water partition coefficient (Wildman–Crippen LogP) is 0.640. The molecule has 84 valence electrons. The summed E-state index contributed by atoms with van der Waals surface area (Å²) in [6, 6.07) is 9.80. The molecule has 0 saturated heterocycles. The number of rotatable bonds is 3. The molecular formula is C11H15N5. The van der Waals surface area contributed by atoms with E-state index in [-0.39, 0.29) is 6.04 Å². The summed E-state index contributed by atoms with van der Waals surface area (Å²) in [6.07, 6.45) is 0.592. The van der Waals surface area contributed by atoms with E-state index >= 15 is 0 Å². The molecule has 5 heteroatoms. The zero-order valence-corrected chi connectivity index (χ0v) is 9.17. The van der Waals surface area contributed by atoms with Crippen LogP contribution >= 0.6 is 0 Å². The van der Waals surface area contributed by atoms with E-state index < -0.39 is 0 Å². The molecule has 1 aromatic carbocycles. The number of nitrogens with two attached hydrogens (primary N) is 2. The minimum atomic E-state index is -0.0944. The fraction of sp³-hybridized carbons (Fsp3) is 0.273. The van der Waals surface area contributed by atoms with Gasteiger partial charge in [-0.25, -0.2) is 4.68 Å². The van der Waals surface area contributed by atoms with Gasteiger partial charge >= 0.3 is 0 Å². The summed E-state index contributed by atoms with van der Waals surface area (Å²) in [5, 5.41) is 4.18. The van der Waals surface area contributed by atoms with Gasteiger partial charge in [0.15, 0.2) is 5.82 Å². The Morgan fingerprint density at radius 1 is 1.31 bits per heavy atom. The maximum atomic E-state index is 6.06. The third-order valence-corrected chi connectivity index (χ3v) is 2.47. The van der Waals surface area contributed by atoms with Gasteiger partial charge < -0.3 is 11.5 Å². The molecular weight excluding hydrogens is 202 g/mol. The summed E-state index contributed by atoms with van der Waals surface area (Å²) in [5.41, 5.74) is 12.7. The molecule has 0 amide bonds. The lowest BCUT2D eigenvalue weighted by molar-refractivity contribution is 0.670. The molecule has 1 atom stereocenters. The first-order chi connectivity index (χ1) is 7.66. The monoisotopic (exact) mass is 217 g/mol. The van der Waals surface area contributed by atoms with Gasteiger partial charge in [-0.2, -0.15) is 10.1 Å². The van der Waals surface area contributed by atoms with Gasteiger partial charge in [-0.05, 0) is 5.56 Å². The molecule has 1 unspecified atom stereocenters. The summed E-state index contributed by atoms with van der Waals surface area (Å²) in [4.78, 5) is 4.13. The molecule has 16 heavy (non-hydrogen) atoms. The van der Waals surface area contributed by atoms with Gasteiger partial charge in [0, 0.05) is 19.5 Å². The van der Waals surface area contributed by atoms with Crippen molar-refractivity contribution in [2.24, 2.45) is 12.8 Å². The lowest BCUT2D eigenvalue weighted by Crippen LogP contribution is -2.14. The van der Waals surface area contributed by atoms with Gasteiger partial charge in [-0.3, -0.25) is 0 Å². The van der Waals surface area contributed by atoms with Crippen LogP contribution in [-0.4, -0.2) is 14.8 Å². The van der Waals surface area contributed by atoms with Crippen LogP contribution in [0.3, 0.4) is 0 Å². The predicted molar refractivity (Wildman–Crippen MR) is 62.5 cm³/mol. The number of nitrogen functional groups attached to an aromatic ring is 1. The number of aryl methyl sites for hydroxylation is 1. The molecule has 0 aliphatic carbocycles. The third kappa shape index (κ3) is 2.20. The van der Waals surface area contributed by atoms with Crippen LogP contribution in [0.15, 0.2) is 30.3 Å². The highest BCUT2D eigenvalue weighted by Crippen LogP contribution is 2.13. The van der Waals surface area contributed by atoms with Crippen LogP contribution in [0.4, 0.5) is 5.95 Å². The van der Waals surface area contributed by atoms with E-state index in [0.717, 1.165) is 5.56 Å². The lowest BCUT2D eigenvalue weighted by Gasteiger charge is -2.08. The first-order valence-electron chi connectivity index (χ1n) is 5.12. The molecule has 5 nitrogen and oxygen atoms in total. The van der Waals surface area contributed by atoms with Crippen molar-refractivity contribution in [3.63, 3.8) is 0 Å². The van der Waals surface area contributed by atoms with Crippen LogP contribution in [0.25, 0.3) is 0 Å². The van der Waals surface area contributed by atoms with Crippen LogP contribution in [0, 0.1) is 0 Å². The van der Waals surface area contributed by atoms with Crippen LogP contribution in [0.2, 0.25) is 0 Å². The van der Waals surface area contributed by atoms with Gasteiger partial charge in [0.05, 0.1) is 0 Å². The average Bonchev–Trinajstić information content (AvgIpc) is 2.59. The summed E-state index contributed by atoms with van der Waals surface area (Å²) in [7, 11) is 1.76. The molecule has 0 spiro atoms. The second kappa shape index (κ2) is 4.32. The van der Waals surface area contributed by atoms with Crippen molar-refractivity contribution in [3.05, 3.63) is 41.7 Å². The Morgan fingerprint density at radius 3 is 2.56 bits per heavy atom. The number of nitrogens with zero attached hydrogens (tertiary/aromatic N) is 3. The maximum Gasteiger partial charge on any atom is 0.218 e. The largest absolute Gasteiger partial charge is 0.368 e. The van der Waals surface area contributed by atoms with Crippen molar-refractivity contribution in [3.8, 4) is 0 Å². The number of benzene rings is 1. The quantitative estimate of drug-likeness (QED) is 0.790. The molecule has 1 aromatic heterocycles. The molecule has 0 aliphatic rings. The van der Waals surface area contributed by atoms with Gasteiger partial charge in [-0.15, -0.1) is 0 Å².